The van der Waals surface area contributed by atoms with E-state index in [2.05, 4.69) is 67.6 Å². The number of rotatable bonds is 2. The van der Waals surface area contributed by atoms with E-state index in [9.17, 15) is 0 Å². The second-order valence-corrected chi connectivity index (χ2v) is 4.76. The van der Waals surface area contributed by atoms with Gasteiger partial charge >= 0.3 is 0 Å². The van der Waals surface area contributed by atoms with E-state index in [1.54, 1.807) is 7.11 Å². The van der Waals surface area contributed by atoms with Crippen LogP contribution in [0.5, 0.6) is 5.75 Å². The normalized spacial score (nSPS) is 10.6. The van der Waals surface area contributed by atoms with Crippen molar-refractivity contribution < 1.29 is 4.74 Å². The Hall–Kier alpha value is -2.28. The van der Waals surface area contributed by atoms with Crippen LogP contribution in [0.4, 0.5) is 0 Å². The molecule has 1 heteroatoms. The third-order valence-corrected chi connectivity index (χ3v) is 3.43. The molecule has 0 unspecified atom stereocenters. The van der Waals surface area contributed by atoms with Gasteiger partial charge in [-0.1, -0.05) is 54.1 Å². The number of fused-ring (bicyclic) bond motifs is 1. The number of aryl methyl sites for hydroxylation is 1. The highest BCUT2D eigenvalue weighted by molar-refractivity contribution is 5.97. The predicted molar refractivity (Wildman–Crippen MR) is 80.7 cm³/mol. The van der Waals surface area contributed by atoms with Crippen molar-refractivity contribution in [1.29, 1.82) is 0 Å². The molecule has 0 heterocycles. The Labute approximate surface area is 113 Å². The number of hydrogen-bond donors (Lipinski definition) is 0. The summed E-state index contributed by atoms with van der Waals surface area (Å²) in [6, 6.07) is 21.2. The molecule has 0 radical (unpaired) electrons. The van der Waals surface area contributed by atoms with Gasteiger partial charge in [0.15, 0.2) is 0 Å². The molecule has 0 aliphatic heterocycles. The van der Waals surface area contributed by atoms with Crippen LogP contribution in [0.3, 0.4) is 0 Å². The van der Waals surface area contributed by atoms with E-state index in [1.165, 1.54) is 27.5 Å². The summed E-state index contributed by atoms with van der Waals surface area (Å²) in [5.74, 6) is 0.897. The van der Waals surface area contributed by atoms with Crippen LogP contribution in [0, 0.1) is 6.92 Å². The highest BCUT2D eigenvalue weighted by atomic mass is 16.5. The average molecular weight is 248 g/mol. The molecule has 3 aromatic rings. The maximum Gasteiger partial charge on any atom is 0.120 e. The number of benzene rings is 3. The Kier molecular flexibility index (Phi) is 2.96. The fraction of sp³-hybridized carbons (Fsp3) is 0.111. The van der Waals surface area contributed by atoms with Gasteiger partial charge in [0.05, 0.1) is 7.11 Å². The van der Waals surface area contributed by atoms with E-state index in [1.807, 2.05) is 0 Å². The van der Waals surface area contributed by atoms with Crippen LogP contribution in [-0.4, -0.2) is 7.11 Å². The Bertz CT molecular complexity index is 711. The standard InChI is InChI=1S/C18H16O/c1-13-7-9-14(10-8-13)18-12-16(19-2)11-15-5-3-4-6-17(15)18/h3-12H,1-2H3. The smallest absolute Gasteiger partial charge is 0.120 e. The molecule has 0 N–H and O–H groups in total. The molecule has 0 aliphatic rings. The van der Waals surface area contributed by atoms with Gasteiger partial charge in [-0.15, -0.1) is 0 Å². The van der Waals surface area contributed by atoms with Gasteiger partial charge in [-0.2, -0.15) is 0 Å². The maximum absolute atomic E-state index is 5.41. The summed E-state index contributed by atoms with van der Waals surface area (Å²) in [5.41, 5.74) is 3.71. The van der Waals surface area contributed by atoms with E-state index < -0.39 is 0 Å². The van der Waals surface area contributed by atoms with E-state index in [4.69, 9.17) is 4.74 Å². The second kappa shape index (κ2) is 4.77. The van der Waals surface area contributed by atoms with Crippen LogP contribution in [0.2, 0.25) is 0 Å². The topological polar surface area (TPSA) is 9.23 Å². The van der Waals surface area contributed by atoms with Crippen molar-refractivity contribution in [1.82, 2.24) is 0 Å². The summed E-state index contributed by atoms with van der Waals surface area (Å²) >= 11 is 0. The Morgan fingerprint density at radius 2 is 1.58 bits per heavy atom. The molecule has 0 aromatic heterocycles. The zero-order valence-corrected chi connectivity index (χ0v) is 11.2. The fourth-order valence-electron chi connectivity index (χ4n) is 2.37. The molecule has 0 aliphatic carbocycles. The average Bonchev–Trinajstić information content (AvgIpc) is 2.47. The molecule has 3 aromatic carbocycles. The van der Waals surface area contributed by atoms with Gasteiger partial charge in [-0.05, 0) is 41.0 Å². The summed E-state index contributed by atoms with van der Waals surface area (Å²) in [6.45, 7) is 2.10. The van der Waals surface area contributed by atoms with Gasteiger partial charge in [0.1, 0.15) is 5.75 Å². The third kappa shape index (κ3) is 2.19. The van der Waals surface area contributed by atoms with Gasteiger partial charge in [0, 0.05) is 0 Å². The molecule has 1 nitrogen and oxygen atoms in total. The number of ether oxygens (including phenoxy) is 1. The van der Waals surface area contributed by atoms with Crippen molar-refractivity contribution in [3.05, 3.63) is 66.2 Å². The molecule has 0 bridgehead atoms. The molecule has 0 spiro atoms. The first-order chi connectivity index (χ1) is 9.28. The zero-order valence-electron chi connectivity index (χ0n) is 11.2. The van der Waals surface area contributed by atoms with Gasteiger partial charge in [0.2, 0.25) is 0 Å². The van der Waals surface area contributed by atoms with Crippen molar-refractivity contribution in [3.8, 4) is 16.9 Å². The summed E-state index contributed by atoms with van der Waals surface area (Å²) < 4.78 is 5.41. The van der Waals surface area contributed by atoms with E-state index in [0.717, 1.165) is 5.75 Å². The number of hydrogen-bond acceptors (Lipinski definition) is 1. The molecular formula is C18H16O. The highest BCUT2D eigenvalue weighted by Crippen LogP contribution is 2.33. The lowest BCUT2D eigenvalue weighted by atomic mass is 9.97. The summed E-state index contributed by atoms with van der Waals surface area (Å²) in [5, 5.41) is 2.46. The molecule has 3 rings (SSSR count). The Balaban J connectivity index is 2.29. The molecule has 19 heavy (non-hydrogen) atoms. The SMILES string of the molecule is COc1cc(-c2ccc(C)cc2)c2ccccc2c1. The van der Waals surface area contributed by atoms with Gasteiger partial charge in [-0.3, -0.25) is 0 Å². The Morgan fingerprint density at radius 3 is 2.32 bits per heavy atom. The summed E-state index contributed by atoms with van der Waals surface area (Å²) in [4.78, 5) is 0. The third-order valence-electron chi connectivity index (χ3n) is 3.43. The van der Waals surface area contributed by atoms with Crippen LogP contribution in [0.1, 0.15) is 5.56 Å². The quantitative estimate of drug-likeness (QED) is 0.631. The highest BCUT2D eigenvalue weighted by Gasteiger charge is 2.06. The van der Waals surface area contributed by atoms with Crippen LogP contribution < -0.4 is 4.74 Å². The largest absolute Gasteiger partial charge is 0.497 e. The summed E-state index contributed by atoms with van der Waals surface area (Å²) in [7, 11) is 1.71. The first kappa shape index (κ1) is 11.8. The van der Waals surface area contributed by atoms with Crippen molar-refractivity contribution in [3.63, 3.8) is 0 Å². The van der Waals surface area contributed by atoms with Gasteiger partial charge in [-0.25, -0.2) is 0 Å². The van der Waals surface area contributed by atoms with E-state index in [-0.39, 0.29) is 0 Å². The molecular weight excluding hydrogens is 232 g/mol. The molecule has 0 saturated heterocycles. The minimum absolute atomic E-state index is 0.897. The fourth-order valence-corrected chi connectivity index (χ4v) is 2.37. The first-order valence-corrected chi connectivity index (χ1v) is 6.42. The molecule has 0 atom stereocenters. The monoisotopic (exact) mass is 248 g/mol. The first-order valence-electron chi connectivity index (χ1n) is 6.42. The van der Waals surface area contributed by atoms with Gasteiger partial charge in [0.25, 0.3) is 0 Å². The van der Waals surface area contributed by atoms with Crippen LogP contribution in [0.25, 0.3) is 21.9 Å². The van der Waals surface area contributed by atoms with Crippen LogP contribution in [0.15, 0.2) is 60.7 Å². The van der Waals surface area contributed by atoms with Crippen molar-refractivity contribution >= 4 is 10.8 Å². The van der Waals surface area contributed by atoms with E-state index in [0.29, 0.717) is 0 Å². The minimum atomic E-state index is 0.897. The lowest BCUT2D eigenvalue weighted by molar-refractivity contribution is 0.415. The molecule has 0 saturated carbocycles. The van der Waals surface area contributed by atoms with Crippen LogP contribution in [-0.2, 0) is 0 Å². The zero-order chi connectivity index (χ0) is 13.2. The summed E-state index contributed by atoms with van der Waals surface area (Å²) in [6.07, 6.45) is 0. The molecule has 0 amide bonds. The van der Waals surface area contributed by atoms with Crippen molar-refractivity contribution in [2.45, 2.75) is 6.92 Å². The van der Waals surface area contributed by atoms with E-state index >= 15 is 0 Å². The maximum atomic E-state index is 5.41. The predicted octanol–water partition coefficient (Wildman–Crippen LogP) is 4.82. The van der Waals surface area contributed by atoms with Crippen molar-refractivity contribution in [2.75, 3.05) is 7.11 Å². The second-order valence-electron chi connectivity index (χ2n) is 4.76. The van der Waals surface area contributed by atoms with Crippen LogP contribution >= 0.6 is 0 Å². The lowest BCUT2D eigenvalue weighted by Gasteiger charge is -2.10. The minimum Gasteiger partial charge on any atom is -0.497 e. The Morgan fingerprint density at radius 1 is 0.842 bits per heavy atom. The molecule has 0 fully saturated rings. The molecule has 94 valence electrons. The lowest BCUT2D eigenvalue weighted by Crippen LogP contribution is -1.87. The van der Waals surface area contributed by atoms with Gasteiger partial charge < -0.3 is 4.74 Å². The van der Waals surface area contributed by atoms with Crippen molar-refractivity contribution in [2.24, 2.45) is 0 Å². The number of methoxy groups -OCH3 is 1.